The summed E-state index contributed by atoms with van der Waals surface area (Å²) in [5, 5.41) is 4.06. The second kappa shape index (κ2) is 5.06. The molecule has 1 amide bonds. The maximum absolute atomic E-state index is 12.8. The van der Waals surface area contributed by atoms with E-state index in [0.29, 0.717) is 5.69 Å². The van der Waals surface area contributed by atoms with Crippen LogP contribution in [0.25, 0.3) is 0 Å². The largest absolute Gasteiger partial charge is 0.467 e. The molecule has 0 spiro atoms. The maximum Gasteiger partial charge on any atom is 0.276 e. The first-order chi connectivity index (χ1) is 10.3. The molecule has 2 aromatic rings. The summed E-state index contributed by atoms with van der Waals surface area (Å²) in [5.41, 5.74) is 1.54. The van der Waals surface area contributed by atoms with E-state index in [-0.39, 0.29) is 11.9 Å². The molecule has 1 aliphatic carbocycles. The van der Waals surface area contributed by atoms with Crippen molar-refractivity contribution in [2.24, 2.45) is 0 Å². The summed E-state index contributed by atoms with van der Waals surface area (Å²) in [4.78, 5) is 14.7. The molecule has 1 atom stereocenters. The molecule has 2 aromatic heterocycles. The summed E-state index contributed by atoms with van der Waals surface area (Å²) in [6.45, 7) is 0.756. The van der Waals surface area contributed by atoms with Crippen molar-refractivity contribution >= 4 is 5.91 Å². The number of carbonyl (C=O) groups excluding carboxylic acids is 1. The minimum Gasteiger partial charge on any atom is -0.467 e. The zero-order valence-electron chi connectivity index (χ0n) is 11.9. The van der Waals surface area contributed by atoms with Gasteiger partial charge >= 0.3 is 0 Å². The Labute approximate surface area is 122 Å². The zero-order valence-corrected chi connectivity index (χ0v) is 11.9. The van der Waals surface area contributed by atoms with Crippen LogP contribution < -0.4 is 0 Å². The third-order valence-electron chi connectivity index (χ3n) is 4.54. The van der Waals surface area contributed by atoms with Crippen molar-refractivity contribution in [3.05, 3.63) is 41.2 Å². The van der Waals surface area contributed by atoms with Gasteiger partial charge in [-0.2, -0.15) is 0 Å². The lowest BCUT2D eigenvalue weighted by atomic mass is 9.96. The summed E-state index contributed by atoms with van der Waals surface area (Å²) in [6, 6.07) is 3.84. The standard InChI is InChI=1S/C16H18N2O3/c19-16(15-11-5-1-2-7-13(11)21-17-15)18-9-3-6-12(18)14-8-4-10-20-14/h4,8,10,12H,1-3,5-7,9H2. The van der Waals surface area contributed by atoms with Crippen molar-refractivity contribution in [3.8, 4) is 0 Å². The Bertz CT molecular complexity index is 645. The van der Waals surface area contributed by atoms with Gasteiger partial charge in [0, 0.05) is 18.5 Å². The van der Waals surface area contributed by atoms with Crippen LogP contribution in [0.1, 0.15) is 59.3 Å². The highest BCUT2D eigenvalue weighted by atomic mass is 16.5. The minimum atomic E-state index is -0.0131. The van der Waals surface area contributed by atoms with E-state index in [9.17, 15) is 4.79 Å². The lowest BCUT2D eigenvalue weighted by Gasteiger charge is -2.22. The fourth-order valence-corrected chi connectivity index (χ4v) is 3.48. The molecule has 4 rings (SSSR count). The van der Waals surface area contributed by atoms with E-state index in [1.165, 1.54) is 0 Å². The van der Waals surface area contributed by atoms with Gasteiger partial charge in [-0.25, -0.2) is 0 Å². The first kappa shape index (κ1) is 12.7. The summed E-state index contributed by atoms with van der Waals surface area (Å²) in [7, 11) is 0. The highest BCUT2D eigenvalue weighted by Gasteiger charge is 2.35. The van der Waals surface area contributed by atoms with E-state index >= 15 is 0 Å². The lowest BCUT2D eigenvalue weighted by Crippen LogP contribution is -2.31. The van der Waals surface area contributed by atoms with E-state index in [1.807, 2.05) is 17.0 Å². The number of likely N-dealkylation sites (tertiary alicyclic amines) is 1. The molecule has 0 N–H and O–H groups in total. The van der Waals surface area contributed by atoms with Crippen molar-refractivity contribution in [1.82, 2.24) is 10.1 Å². The molecular weight excluding hydrogens is 268 g/mol. The molecule has 1 saturated heterocycles. The van der Waals surface area contributed by atoms with Crippen molar-refractivity contribution in [1.29, 1.82) is 0 Å². The molecule has 0 bridgehead atoms. The predicted octanol–water partition coefficient (Wildman–Crippen LogP) is 3.12. The Kier molecular flexibility index (Phi) is 3.05. The number of aryl methyl sites for hydroxylation is 1. The van der Waals surface area contributed by atoms with E-state index in [4.69, 9.17) is 8.94 Å². The summed E-state index contributed by atoms with van der Waals surface area (Å²) in [6.07, 6.45) is 7.63. The topological polar surface area (TPSA) is 59.5 Å². The van der Waals surface area contributed by atoms with Gasteiger partial charge in [-0.15, -0.1) is 0 Å². The molecule has 2 aliphatic rings. The molecular formula is C16H18N2O3. The van der Waals surface area contributed by atoms with E-state index in [2.05, 4.69) is 5.16 Å². The number of furan rings is 1. The van der Waals surface area contributed by atoms with Crippen molar-refractivity contribution in [3.63, 3.8) is 0 Å². The quantitative estimate of drug-likeness (QED) is 0.851. The molecule has 1 aliphatic heterocycles. The molecule has 3 heterocycles. The molecule has 1 unspecified atom stereocenters. The van der Waals surface area contributed by atoms with Crippen LogP contribution in [-0.2, 0) is 12.8 Å². The minimum absolute atomic E-state index is 0.0131. The average molecular weight is 286 g/mol. The van der Waals surface area contributed by atoms with Gasteiger partial charge in [0.05, 0.1) is 12.3 Å². The van der Waals surface area contributed by atoms with Crippen molar-refractivity contribution in [2.75, 3.05) is 6.54 Å². The molecule has 5 heteroatoms. The highest BCUT2D eigenvalue weighted by molar-refractivity contribution is 5.94. The van der Waals surface area contributed by atoms with E-state index in [0.717, 1.165) is 62.2 Å². The van der Waals surface area contributed by atoms with Gasteiger partial charge in [0.1, 0.15) is 11.5 Å². The third kappa shape index (κ3) is 2.07. The Morgan fingerprint density at radius 3 is 3.05 bits per heavy atom. The molecule has 0 aromatic carbocycles. The van der Waals surface area contributed by atoms with Gasteiger partial charge < -0.3 is 13.8 Å². The number of nitrogens with zero attached hydrogens (tertiary/aromatic N) is 2. The van der Waals surface area contributed by atoms with Crippen LogP contribution >= 0.6 is 0 Å². The van der Waals surface area contributed by atoms with Crippen molar-refractivity contribution in [2.45, 2.75) is 44.6 Å². The number of aromatic nitrogens is 1. The van der Waals surface area contributed by atoms with Crippen LogP contribution in [0.3, 0.4) is 0 Å². The number of amides is 1. The Hall–Kier alpha value is -2.04. The van der Waals surface area contributed by atoms with Gasteiger partial charge in [0.25, 0.3) is 5.91 Å². The Morgan fingerprint density at radius 1 is 1.29 bits per heavy atom. The van der Waals surface area contributed by atoms with Crippen LogP contribution in [0.4, 0.5) is 0 Å². The number of fused-ring (bicyclic) bond motifs is 1. The highest BCUT2D eigenvalue weighted by Crippen LogP contribution is 2.34. The van der Waals surface area contributed by atoms with Gasteiger partial charge in [-0.1, -0.05) is 5.16 Å². The van der Waals surface area contributed by atoms with E-state index < -0.39 is 0 Å². The van der Waals surface area contributed by atoms with Crippen LogP contribution in [0.15, 0.2) is 27.3 Å². The molecule has 1 fully saturated rings. The molecule has 0 radical (unpaired) electrons. The van der Waals surface area contributed by atoms with Crippen LogP contribution in [-0.4, -0.2) is 22.5 Å². The van der Waals surface area contributed by atoms with Crippen LogP contribution in [0, 0.1) is 0 Å². The van der Waals surface area contributed by atoms with Crippen molar-refractivity contribution < 1.29 is 13.7 Å². The maximum atomic E-state index is 12.8. The zero-order chi connectivity index (χ0) is 14.2. The fourth-order valence-electron chi connectivity index (χ4n) is 3.48. The summed E-state index contributed by atoms with van der Waals surface area (Å²) in [5.74, 6) is 1.75. The second-order valence-corrected chi connectivity index (χ2v) is 5.81. The fraction of sp³-hybridized carbons (Fsp3) is 0.500. The first-order valence-corrected chi connectivity index (χ1v) is 7.66. The summed E-state index contributed by atoms with van der Waals surface area (Å²) >= 11 is 0. The molecule has 0 saturated carbocycles. The van der Waals surface area contributed by atoms with Crippen LogP contribution in [0.5, 0.6) is 0 Å². The summed E-state index contributed by atoms with van der Waals surface area (Å²) < 4.78 is 10.9. The lowest BCUT2D eigenvalue weighted by molar-refractivity contribution is 0.0708. The van der Waals surface area contributed by atoms with E-state index in [1.54, 1.807) is 6.26 Å². The molecule has 5 nitrogen and oxygen atoms in total. The second-order valence-electron chi connectivity index (χ2n) is 5.81. The predicted molar refractivity (Wildman–Crippen MR) is 74.9 cm³/mol. The monoisotopic (exact) mass is 286 g/mol. The van der Waals surface area contributed by atoms with Gasteiger partial charge in [0.15, 0.2) is 5.69 Å². The SMILES string of the molecule is O=C(c1noc2c1CCCC2)N1CCCC1c1ccco1. The van der Waals surface area contributed by atoms with Gasteiger partial charge in [0.2, 0.25) is 0 Å². The number of hydrogen-bond donors (Lipinski definition) is 0. The number of hydrogen-bond acceptors (Lipinski definition) is 4. The van der Waals surface area contributed by atoms with Gasteiger partial charge in [-0.3, -0.25) is 4.79 Å². The normalized spacial score (nSPS) is 21.5. The average Bonchev–Trinajstić information content (AvgIpc) is 3.25. The molecule has 21 heavy (non-hydrogen) atoms. The van der Waals surface area contributed by atoms with Gasteiger partial charge in [-0.05, 0) is 44.2 Å². The number of carbonyl (C=O) groups is 1. The smallest absolute Gasteiger partial charge is 0.276 e. The number of rotatable bonds is 2. The van der Waals surface area contributed by atoms with Crippen LogP contribution in [0.2, 0.25) is 0 Å². The molecule has 110 valence electrons. The first-order valence-electron chi connectivity index (χ1n) is 7.66. The Morgan fingerprint density at radius 2 is 2.19 bits per heavy atom. The Balaban J connectivity index is 1.63. The third-order valence-corrected chi connectivity index (χ3v) is 4.54.